The molecule has 0 saturated carbocycles. The molecule has 0 saturated heterocycles. The van der Waals surface area contributed by atoms with Crippen LogP contribution >= 0.6 is 0 Å². The summed E-state index contributed by atoms with van der Waals surface area (Å²) in [5.74, 6) is -0.774. The average Bonchev–Trinajstić information content (AvgIpc) is 2.08. The van der Waals surface area contributed by atoms with Crippen LogP contribution in [0.1, 0.15) is 12.5 Å². The van der Waals surface area contributed by atoms with E-state index in [4.69, 9.17) is 0 Å². The number of nitrogens with zero attached hydrogens (tertiary/aromatic N) is 1. The third-order valence-corrected chi connectivity index (χ3v) is 1.47. The van der Waals surface area contributed by atoms with Crippen molar-refractivity contribution in [1.82, 2.24) is 4.98 Å². The number of hydrogen-bond donors (Lipinski definition) is 1. The zero-order valence-corrected chi connectivity index (χ0v) is 7.50. The highest BCUT2D eigenvalue weighted by atomic mass is 16.2. The lowest BCUT2D eigenvalue weighted by Crippen LogP contribution is -2.20. The molecular weight excluding hydrogens is 168 g/mol. The van der Waals surface area contributed by atoms with Gasteiger partial charge in [-0.3, -0.25) is 9.59 Å². The quantitative estimate of drug-likeness (QED) is 0.685. The van der Waals surface area contributed by atoms with E-state index in [1.54, 1.807) is 12.3 Å². The highest BCUT2D eigenvalue weighted by Crippen LogP contribution is 2.03. The van der Waals surface area contributed by atoms with Crippen molar-refractivity contribution in [3.05, 3.63) is 23.9 Å². The van der Waals surface area contributed by atoms with Crippen molar-refractivity contribution >= 4 is 17.5 Å². The highest BCUT2D eigenvalue weighted by molar-refractivity contribution is 6.39. The first-order chi connectivity index (χ1) is 6.09. The zero-order valence-electron chi connectivity index (χ0n) is 7.50. The van der Waals surface area contributed by atoms with Gasteiger partial charge in [0, 0.05) is 13.1 Å². The monoisotopic (exact) mass is 178 g/mol. The van der Waals surface area contributed by atoms with Gasteiger partial charge in [0.1, 0.15) is 5.82 Å². The third kappa shape index (κ3) is 2.66. The second kappa shape index (κ2) is 3.80. The molecule has 0 spiro atoms. The Morgan fingerprint density at radius 2 is 2.08 bits per heavy atom. The second-order valence-corrected chi connectivity index (χ2v) is 2.73. The summed E-state index contributed by atoms with van der Waals surface area (Å²) in [5, 5.41) is 2.37. The molecule has 1 amide bonds. The Hall–Kier alpha value is -1.71. The van der Waals surface area contributed by atoms with Crippen molar-refractivity contribution in [3.8, 4) is 0 Å². The van der Waals surface area contributed by atoms with Gasteiger partial charge in [-0.05, 0) is 18.6 Å². The number of aromatic nitrogens is 1. The molecule has 0 fully saturated rings. The summed E-state index contributed by atoms with van der Waals surface area (Å²) in [6, 6.07) is 3.46. The number of amides is 1. The first-order valence-corrected chi connectivity index (χ1v) is 3.84. The first kappa shape index (κ1) is 9.38. The van der Waals surface area contributed by atoms with Crippen LogP contribution in [0.2, 0.25) is 0 Å². The summed E-state index contributed by atoms with van der Waals surface area (Å²) in [6.45, 7) is 3.10. The number of Topliss-reactive ketones (excluding diaryl/α,β-unsaturated/α-hetero) is 1. The number of ketones is 1. The van der Waals surface area contributed by atoms with Crippen LogP contribution < -0.4 is 5.32 Å². The number of rotatable bonds is 2. The summed E-state index contributed by atoms with van der Waals surface area (Å²) >= 11 is 0. The standard InChI is InChI=1S/C9H10N2O2/c1-6-3-4-8(10-5-6)11-9(13)7(2)12/h3-5H,1-2H3,(H,10,11,13). The molecule has 0 bridgehead atoms. The van der Waals surface area contributed by atoms with E-state index >= 15 is 0 Å². The fourth-order valence-electron chi connectivity index (χ4n) is 0.746. The topological polar surface area (TPSA) is 59.1 Å². The van der Waals surface area contributed by atoms with E-state index in [-0.39, 0.29) is 0 Å². The number of nitrogens with one attached hydrogen (secondary N) is 1. The largest absolute Gasteiger partial charge is 0.304 e. The van der Waals surface area contributed by atoms with Gasteiger partial charge < -0.3 is 5.32 Å². The molecule has 0 atom stereocenters. The molecule has 0 radical (unpaired) electrons. The molecule has 1 rings (SSSR count). The summed E-state index contributed by atoms with van der Waals surface area (Å²) in [7, 11) is 0. The van der Waals surface area contributed by atoms with Crippen LogP contribution in [-0.2, 0) is 9.59 Å². The molecule has 1 aromatic heterocycles. The van der Waals surface area contributed by atoms with Gasteiger partial charge in [-0.15, -0.1) is 0 Å². The summed E-state index contributed by atoms with van der Waals surface area (Å²) in [5.41, 5.74) is 1.00. The van der Waals surface area contributed by atoms with Crippen molar-refractivity contribution in [3.63, 3.8) is 0 Å². The molecular formula is C9H10N2O2. The van der Waals surface area contributed by atoms with E-state index in [2.05, 4.69) is 10.3 Å². The lowest BCUT2D eigenvalue weighted by molar-refractivity contribution is -0.133. The number of carbonyl (C=O) groups is 2. The number of anilines is 1. The van der Waals surface area contributed by atoms with Crippen LogP contribution in [0, 0.1) is 6.92 Å². The normalized spacial score (nSPS) is 9.38. The van der Waals surface area contributed by atoms with Crippen molar-refractivity contribution in [2.24, 2.45) is 0 Å². The zero-order chi connectivity index (χ0) is 9.84. The Morgan fingerprint density at radius 3 is 2.54 bits per heavy atom. The average molecular weight is 178 g/mol. The van der Waals surface area contributed by atoms with Crippen molar-refractivity contribution in [2.45, 2.75) is 13.8 Å². The second-order valence-electron chi connectivity index (χ2n) is 2.73. The molecule has 0 aliphatic rings. The maximum Gasteiger partial charge on any atom is 0.292 e. The van der Waals surface area contributed by atoms with Crippen LogP contribution in [0.4, 0.5) is 5.82 Å². The predicted octanol–water partition coefficient (Wildman–Crippen LogP) is 0.918. The van der Waals surface area contributed by atoms with Crippen LogP contribution in [-0.4, -0.2) is 16.7 Å². The minimum absolute atomic E-state index is 0.394. The van der Waals surface area contributed by atoms with Crippen LogP contribution in [0.15, 0.2) is 18.3 Å². The number of aryl methyl sites for hydroxylation is 1. The van der Waals surface area contributed by atoms with E-state index in [0.29, 0.717) is 5.82 Å². The molecule has 4 heteroatoms. The lowest BCUT2D eigenvalue weighted by Gasteiger charge is -2.00. The number of pyridine rings is 1. The van der Waals surface area contributed by atoms with Gasteiger partial charge in [-0.2, -0.15) is 0 Å². The van der Waals surface area contributed by atoms with Crippen LogP contribution in [0.5, 0.6) is 0 Å². The maximum absolute atomic E-state index is 10.9. The Kier molecular flexibility index (Phi) is 2.74. The minimum Gasteiger partial charge on any atom is -0.304 e. The summed E-state index contributed by atoms with van der Waals surface area (Å²) in [4.78, 5) is 25.4. The molecule has 1 aromatic rings. The Labute approximate surface area is 76.0 Å². The molecule has 0 unspecified atom stereocenters. The maximum atomic E-state index is 10.9. The van der Waals surface area contributed by atoms with E-state index in [9.17, 15) is 9.59 Å². The molecule has 0 aliphatic carbocycles. The third-order valence-electron chi connectivity index (χ3n) is 1.47. The molecule has 0 aromatic carbocycles. The molecule has 13 heavy (non-hydrogen) atoms. The molecule has 0 aliphatic heterocycles. The van der Waals surface area contributed by atoms with E-state index in [0.717, 1.165) is 5.56 Å². The molecule has 1 heterocycles. The Bertz CT molecular complexity index is 330. The first-order valence-electron chi connectivity index (χ1n) is 3.84. The fourth-order valence-corrected chi connectivity index (χ4v) is 0.746. The van der Waals surface area contributed by atoms with E-state index in [1.807, 2.05) is 13.0 Å². The van der Waals surface area contributed by atoms with Gasteiger partial charge >= 0.3 is 0 Å². The molecule has 4 nitrogen and oxygen atoms in total. The SMILES string of the molecule is CC(=O)C(=O)Nc1ccc(C)cn1. The van der Waals surface area contributed by atoms with Crippen LogP contribution in [0.25, 0.3) is 0 Å². The van der Waals surface area contributed by atoms with Crippen molar-refractivity contribution < 1.29 is 9.59 Å². The van der Waals surface area contributed by atoms with Gasteiger partial charge in [0.05, 0.1) is 0 Å². The predicted molar refractivity (Wildman–Crippen MR) is 48.3 cm³/mol. The Balaban J connectivity index is 2.70. The van der Waals surface area contributed by atoms with Gasteiger partial charge in [-0.1, -0.05) is 6.07 Å². The number of hydrogen-bond acceptors (Lipinski definition) is 3. The Morgan fingerprint density at radius 1 is 1.38 bits per heavy atom. The van der Waals surface area contributed by atoms with Gasteiger partial charge in [-0.25, -0.2) is 4.98 Å². The lowest BCUT2D eigenvalue weighted by atomic mass is 10.3. The summed E-state index contributed by atoms with van der Waals surface area (Å²) in [6.07, 6.45) is 1.62. The van der Waals surface area contributed by atoms with Gasteiger partial charge in [0.25, 0.3) is 5.91 Å². The molecule has 1 N–H and O–H groups in total. The highest BCUT2D eigenvalue weighted by Gasteiger charge is 2.07. The minimum atomic E-state index is -0.642. The van der Waals surface area contributed by atoms with Gasteiger partial charge in [0.15, 0.2) is 0 Å². The summed E-state index contributed by atoms with van der Waals surface area (Å²) < 4.78 is 0. The van der Waals surface area contributed by atoms with E-state index in [1.165, 1.54) is 6.92 Å². The van der Waals surface area contributed by atoms with Crippen LogP contribution in [0.3, 0.4) is 0 Å². The smallest absolute Gasteiger partial charge is 0.292 e. The van der Waals surface area contributed by atoms with Crippen molar-refractivity contribution in [1.29, 1.82) is 0 Å². The fraction of sp³-hybridized carbons (Fsp3) is 0.222. The van der Waals surface area contributed by atoms with E-state index < -0.39 is 11.7 Å². The number of carbonyl (C=O) groups excluding carboxylic acids is 2. The van der Waals surface area contributed by atoms with Crippen molar-refractivity contribution in [2.75, 3.05) is 5.32 Å². The van der Waals surface area contributed by atoms with Gasteiger partial charge in [0.2, 0.25) is 5.78 Å². The molecule has 68 valence electrons.